The van der Waals surface area contributed by atoms with Crippen molar-refractivity contribution in [2.45, 2.75) is 6.17 Å². The van der Waals surface area contributed by atoms with Crippen molar-refractivity contribution in [2.24, 2.45) is 5.73 Å². The standard InChI is InChI=1S/C12H13N3O2.C6H11N7/c16-9-7-8(13-1-2-13)12(17)11(15-5-6-15)10(9)14-3-4-14;1-2-3(7)10-6-12-4(8)11-5(9)13-6/h7H,1-6H2;2-3H,1,7H2,(H5,8,9,10,11,12,13). The lowest BCUT2D eigenvalue weighted by Gasteiger charge is -2.21. The van der Waals surface area contributed by atoms with Crippen LogP contribution in [0.3, 0.4) is 0 Å². The molecule has 7 N–H and O–H groups in total. The third kappa shape index (κ3) is 4.33. The largest absolute Gasteiger partial charge is 0.368 e. The molecule has 3 aliphatic heterocycles. The first-order valence-electron chi connectivity index (χ1n) is 9.59. The van der Waals surface area contributed by atoms with Gasteiger partial charge < -0.3 is 37.2 Å². The Morgan fingerprint density at radius 3 is 1.97 bits per heavy atom. The minimum atomic E-state index is -0.443. The van der Waals surface area contributed by atoms with Crippen LogP contribution in [0.1, 0.15) is 0 Å². The van der Waals surface area contributed by atoms with E-state index in [9.17, 15) is 9.59 Å². The van der Waals surface area contributed by atoms with E-state index in [1.165, 1.54) is 12.2 Å². The Morgan fingerprint density at radius 1 is 0.933 bits per heavy atom. The molecule has 0 aromatic carbocycles. The van der Waals surface area contributed by atoms with Crippen LogP contribution >= 0.6 is 0 Å². The van der Waals surface area contributed by atoms with Crippen LogP contribution in [0.25, 0.3) is 0 Å². The van der Waals surface area contributed by atoms with Crippen molar-refractivity contribution in [2.75, 3.05) is 56.1 Å². The smallest absolute Gasteiger partial charge is 0.230 e. The first kappa shape index (κ1) is 19.6. The van der Waals surface area contributed by atoms with E-state index in [2.05, 4.69) is 26.8 Å². The van der Waals surface area contributed by atoms with Crippen molar-refractivity contribution < 1.29 is 9.59 Å². The molecule has 3 saturated heterocycles. The topological polar surface area (TPSA) is 172 Å². The molecule has 5 rings (SSSR count). The molecule has 1 aromatic rings. The lowest BCUT2D eigenvalue weighted by atomic mass is 10.0. The number of allylic oxidation sites excluding steroid dienone is 1. The van der Waals surface area contributed by atoms with Crippen molar-refractivity contribution in [3.8, 4) is 0 Å². The van der Waals surface area contributed by atoms with Gasteiger partial charge in [-0.3, -0.25) is 9.59 Å². The summed E-state index contributed by atoms with van der Waals surface area (Å²) in [6.07, 6.45) is 2.58. The van der Waals surface area contributed by atoms with E-state index in [4.69, 9.17) is 17.2 Å². The summed E-state index contributed by atoms with van der Waals surface area (Å²) in [7, 11) is 0. The number of hydrogen-bond donors (Lipinski definition) is 4. The minimum absolute atomic E-state index is 0.00546. The summed E-state index contributed by atoms with van der Waals surface area (Å²) in [5.41, 5.74) is 18.0. The Labute approximate surface area is 173 Å². The van der Waals surface area contributed by atoms with Gasteiger partial charge in [0.15, 0.2) is 0 Å². The molecule has 1 aliphatic carbocycles. The fourth-order valence-electron chi connectivity index (χ4n) is 2.96. The third-order valence-corrected chi connectivity index (χ3v) is 4.71. The van der Waals surface area contributed by atoms with E-state index >= 15 is 0 Å². The second-order valence-corrected chi connectivity index (χ2v) is 7.16. The number of aromatic nitrogens is 3. The summed E-state index contributed by atoms with van der Waals surface area (Å²) in [5, 5.41) is 2.71. The molecular weight excluding hydrogens is 388 g/mol. The molecule has 0 spiro atoms. The molecule has 12 heteroatoms. The summed E-state index contributed by atoms with van der Waals surface area (Å²) in [4.78, 5) is 41.6. The summed E-state index contributed by atoms with van der Waals surface area (Å²) >= 11 is 0. The Hall–Kier alpha value is -3.67. The van der Waals surface area contributed by atoms with Gasteiger partial charge in [0.25, 0.3) is 0 Å². The van der Waals surface area contributed by atoms with Crippen LogP contribution in [-0.2, 0) is 9.59 Å². The second-order valence-electron chi connectivity index (χ2n) is 7.16. The first-order chi connectivity index (χ1) is 14.4. The zero-order valence-electron chi connectivity index (χ0n) is 16.4. The summed E-state index contributed by atoms with van der Waals surface area (Å²) in [6, 6.07) is 0. The molecule has 0 radical (unpaired) electrons. The molecule has 3 fully saturated rings. The molecule has 0 saturated carbocycles. The highest BCUT2D eigenvalue weighted by Gasteiger charge is 2.43. The fraction of sp³-hybridized carbons (Fsp3) is 0.389. The number of hydrogen-bond acceptors (Lipinski definition) is 12. The number of rotatable bonds is 6. The molecular formula is C18H24N10O2. The van der Waals surface area contributed by atoms with Gasteiger partial charge in [0.1, 0.15) is 11.4 Å². The van der Waals surface area contributed by atoms with Crippen molar-refractivity contribution in [1.82, 2.24) is 29.7 Å². The van der Waals surface area contributed by atoms with E-state index < -0.39 is 6.17 Å². The van der Waals surface area contributed by atoms with Gasteiger partial charge in [0.2, 0.25) is 29.4 Å². The van der Waals surface area contributed by atoms with Crippen LogP contribution in [0.5, 0.6) is 0 Å². The van der Waals surface area contributed by atoms with Crippen LogP contribution in [0.2, 0.25) is 0 Å². The maximum absolute atomic E-state index is 12.4. The highest BCUT2D eigenvalue weighted by molar-refractivity contribution is 6.22. The van der Waals surface area contributed by atoms with Gasteiger partial charge in [-0.1, -0.05) is 12.7 Å². The van der Waals surface area contributed by atoms with Gasteiger partial charge >= 0.3 is 0 Å². The Bertz CT molecular complexity index is 939. The Kier molecular flexibility index (Phi) is 4.99. The average molecular weight is 412 g/mol. The fourth-order valence-corrected chi connectivity index (χ4v) is 2.96. The zero-order chi connectivity index (χ0) is 21.4. The molecule has 1 unspecified atom stereocenters. The molecule has 30 heavy (non-hydrogen) atoms. The lowest BCUT2D eigenvalue weighted by molar-refractivity contribution is -0.117. The van der Waals surface area contributed by atoms with Gasteiger partial charge in [-0.05, 0) is 0 Å². The maximum Gasteiger partial charge on any atom is 0.230 e. The SMILES string of the molecule is C=CC(N)Nc1nc(N)nc(N)n1.O=C1C=C(N2CC2)C(=O)C(N2CC2)=C1N1CC1. The summed E-state index contributed by atoms with van der Waals surface area (Å²) < 4.78 is 0. The number of nitrogens with zero attached hydrogens (tertiary/aromatic N) is 6. The maximum atomic E-state index is 12.4. The average Bonchev–Trinajstić information content (AvgIpc) is 3.55. The number of carbonyl (C=O) groups is 2. The highest BCUT2D eigenvalue weighted by atomic mass is 16.1. The van der Waals surface area contributed by atoms with Crippen LogP contribution < -0.4 is 22.5 Å². The summed E-state index contributed by atoms with van der Waals surface area (Å²) in [6.45, 7) is 8.89. The molecule has 12 nitrogen and oxygen atoms in total. The summed E-state index contributed by atoms with van der Waals surface area (Å²) in [5.74, 6) is 0.377. The Balaban J connectivity index is 0.000000152. The first-order valence-corrected chi connectivity index (χ1v) is 9.59. The molecule has 0 amide bonds. The molecule has 1 atom stereocenters. The van der Waals surface area contributed by atoms with Crippen molar-refractivity contribution in [3.05, 3.63) is 35.8 Å². The minimum Gasteiger partial charge on any atom is -0.368 e. The van der Waals surface area contributed by atoms with Gasteiger partial charge in [-0.15, -0.1) is 0 Å². The monoisotopic (exact) mass is 412 g/mol. The zero-order valence-corrected chi connectivity index (χ0v) is 16.4. The third-order valence-electron chi connectivity index (χ3n) is 4.71. The number of nitrogens with two attached hydrogens (primary N) is 3. The second kappa shape index (κ2) is 7.63. The van der Waals surface area contributed by atoms with Gasteiger partial charge in [-0.25, -0.2) is 0 Å². The predicted molar refractivity (Wildman–Crippen MR) is 110 cm³/mol. The van der Waals surface area contributed by atoms with Gasteiger partial charge in [0, 0.05) is 45.3 Å². The number of nitrogen functional groups attached to an aromatic ring is 2. The van der Waals surface area contributed by atoms with Crippen LogP contribution in [0, 0.1) is 0 Å². The van der Waals surface area contributed by atoms with Gasteiger partial charge in [-0.2, -0.15) is 15.0 Å². The van der Waals surface area contributed by atoms with E-state index in [1.54, 1.807) is 0 Å². The van der Waals surface area contributed by atoms with Crippen LogP contribution in [-0.4, -0.2) is 86.7 Å². The number of Topliss-reactive ketones (excluding diaryl/α,β-unsaturated/α-hetero) is 1. The van der Waals surface area contributed by atoms with Gasteiger partial charge in [0.05, 0.1) is 11.9 Å². The van der Waals surface area contributed by atoms with Crippen LogP contribution in [0.15, 0.2) is 35.8 Å². The predicted octanol–water partition coefficient (Wildman–Crippen LogP) is -1.90. The molecule has 4 heterocycles. The van der Waals surface area contributed by atoms with Crippen molar-refractivity contribution in [1.29, 1.82) is 0 Å². The van der Waals surface area contributed by atoms with E-state index in [0.717, 1.165) is 39.3 Å². The lowest BCUT2D eigenvalue weighted by Crippen LogP contribution is -2.29. The quantitative estimate of drug-likeness (QED) is 0.177. The number of ketones is 2. The van der Waals surface area contributed by atoms with E-state index in [1.807, 2.05) is 14.7 Å². The Morgan fingerprint density at radius 2 is 1.47 bits per heavy atom. The van der Waals surface area contributed by atoms with Crippen molar-refractivity contribution >= 4 is 29.4 Å². The normalized spacial score (nSPS) is 20.3. The number of nitrogens with one attached hydrogen (secondary N) is 1. The molecule has 1 aromatic heterocycles. The van der Waals surface area contributed by atoms with Crippen molar-refractivity contribution in [3.63, 3.8) is 0 Å². The van der Waals surface area contributed by atoms with Crippen LogP contribution in [0.4, 0.5) is 17.8 Å². The molecule has 4 aliphatic rings. The number of carbonyl (C=O) groups excluding carboxylic acids is 2. The highest BCUT2D eigenvalue weighted by Crippen LogP contribution is 2.33. The molecule has 158 valence electrons. The van der Waals surface area contributed by atoms with E-state index in [-0.39, 0.29) is 29.4 Å². The van der Waals surface area contributed by atoms with E-state index in [0.29, 0.717) is 17.1 Å². The molecule has 0 bridgehead atoms. The number of anilines is 3.